The smallest absolute Gasteiger partial charge is 0.406 e. The zero-order chi connectivity index (χ0) is 26.7. The molecule has 0 radical (unpaired) electrons. The van der Waals surface area contributed by atoms with Crippen LogP contribution < -0.4 is 15.8 Å². The summed E-state index contributed by atoms with van der Waals surface area (Å²) in [6, 6.07) is 5.34. The second-order valence-corrected chi connectivity index (χ2v) is 9.60. The van der Waals surface area contributed by atoms with Crippen molar-refractivity contribution < 1.29 is 22.7 Å². The maximum absolute atomic E-state index is 13.6. The number of ether oxygens (including phenoxy) is 1. The monoisotopic (exact) mass is 523 g/mol. The van der Waals surface area contributed by atoms with Gasteiger partial charge in [0, 0.05) is 18.6 Å². The molecule has 1 aliphatic heterocycles. The molecule has 1 saturated carbocycles. The van der Waals surface area contributed by atoms with E-state index in [4.69, 9.17) is 10.7 Å². The first-order valence-corrected chi connectivity index (χ1v) is 12.4. The first-order valence-electron chi connectivity index (χ1n) is 12.4. The number of nitrogens with zero attached hydrogens (tertiary/aromatic N) is 5. The van der Waals surface area contributed by atoms with Gasteiger partial charge in [0.1, 0.15) is 28.5 Å². The molecule has 6 rings (SSSR count). The largest absolute Gasteiger partial charge is 0.573 e. The highest BCUT2D eigenvalue weighted by molar-refractivity contribution is 6.10. The number of nitrogens with two attached hydrogens (primary N) is 1. The molecule has 1 amide bonds. The van der Waals surface area contributed by atoms with E-state index in [9.17, 15) is 18.0 Å². The van der Waals surface area contributed by atoms with Gasteiger partial charge >= 0.3 is 6.36 Å². The Labute approximate surface area is 215 Å². The predicted octanol–water partition coefficient (Wildman–Crippen LogP) is 4.66. The molecule has 0 bridgehead atoms. The van der Waals surface area contributed by atoms with Crippen molar-refractivity contribution in [3.8, 4) is 17.3 Å². The molecule has 3 N–H and O–H groups in total. The number of hydrogen-bond donors (Lipinski definition) is 2. The van der Waals surface area contributed by atoms with Gasteiger partial charge in [-0.05, 0) is 49.3 Å². The summed E-state index contributed by atoms with van der Waals surface area (Å²) in [6.07, 6.45) is 4.67. The average Bonchev–Trinajstić information content (AvgIpc) is 3.52. The predicted molar refractivity (Wildman–Crippen MR) is 132 cm³/mol. The topological polar surface area (TPSA) is 120 Å². The summed E-state index contributed by atoms with van der Waals surface area (Å²) in [5.74, 6) is -0.132. The fraction of sp³-hybridized carbons (Fsp3) is 0.346. The fourth-order valence-electron chi connectivity index (χ4n) is 5.34. The molecule has 4 aromatic rings. The summed E-state index contributed by atoms with van der Waals surface area (Å²) in [6.45, 7) is 2.10. The molecule has 9 nitrogen and oxygen atoms in total. The molecule has 1 aromatic carbocycles. The third-order valence-corrected chi connectivity index (χ3v) is 7.09. The number of anilines is 2. The van der Waals surface area contributed by atoms with Gasteiger partial charge in [0.2, 0.25) is 5.91 Å². The van der Waals surface area contributed by atoms with Crippen LogP contribution in [0.2, 0.25) is 0 Å². The Bertz CT molecular complexity index is 1550. The fourth-order valence-corrected chi connectivity index (χ4v) is 5.34. The standard InChI is InChI=1S/C26H24F3N7O2/c1-2-3-4-17-23-31-11-12-36(23)13-18(32-17)21-33-20(30)19-22(34-21)35-24(37)25(19,14-5-6-14)15-7-9-16(10-8-15)38-26(27,28)29/h7-14H,2-6H2,1H3,(H3,30,33,34,35,37). The highest BCUT2D eigenvalue weighted by Gasteiger charge is 2.59. The van der Waals surface area contributed by atoms with E-state index in [-0.39, 0.29) is 35.0 Å². The van der Waals surface area contributed by atoms with Crippen molar-refractivity contribution in [3.63, 3.8) is 0 Å². The number of nitrogen functional groups attached to an aromatic ring is 1. The molecular formula is C26H24F3N7O2. The number of fused-ring (bicyclic) bond motifs is 2. The highest BCUT2D eigenvalue weighted by Crippen LogP contribution is 2.57. The molecule has 1 unspecified atom stereocenters. The minimum absolute atomic E-state index is 0.0871. The van der Waals surface area contributed by atoms with Gasteiger partial charge in [0.25, 0.3) is 0 Å². The Hall–Kier alpha value is -4.22. The van der Waals surface area contributed by atoms with Crippen LogP contribution in [0.4, 0.5) is 24.8 Å². The lowest BCUT2D eigenvalue weighted by Crippen LogP contribution is -2.38. The zero-order valence-electron chi connectivity index (χ0n) is 20.4. The van der Waals surface area contributed by atoms with Crippen molar-refractivity contribution in [1.82, 2.24) is 24.3 Å². The number of nitrogens with one attached hydrogen (secondary N) is 1. The number of hydrogen-bond acceptors (Lipinski definition) is 7. The third kappa shape index (κ3) is 3.91. The number of carbonyl (C=O) groups is 1. The maximum atomic E-state index is 13.6. The molecule has 1 atom stereocenters. The average molecular weight is 524 g/mol. The van der Waals surface area contributed by atoms with Crippen molar-refractivity contribution in [1.29, 1.82) is 0 Å². The van der Waals surface area contributed by atoms with Crippen LogP contribution in [0.15, 0.2) is 42.9 Å². The number of amides is 1. The Morgan fingerprint density at radius 2 is 1.95 bits per heavy atom. The van der Waals surface area contributed by atoms with Crippen molar-refractivity contribution in [2.45, 2.75) is 50.8 Å². The van der Waals surface area contributed by atoms with Crippen molar-refractivity contribution >= 4 is 23.2 Å². The summed E-state index contributed by atoms with van der Waals surface area (Å²) in [5, 5.41) is 2.86. The molecule has 0 spiro atoms. The highest BCUT2D eigenvalue weighted by atomic mass is 19.4. The number of unbranched alkanes of at least 4 members (excludes halogenated alkanes) is 1. The van der Waals surface area contributed by atoms with E-state index in [1.54, 1.807) is 12.4 Å². The number of aromatic nitrogens is 5. The summed E-state index contributed by atoms with van der Waals surface area (Å²) in [5.41, 5.74) is 8.31. The van der Waals surface area contributed by atoms with Crippen LogP contribution in [-0.4, -0.2) is 36.6 Å². The summed E-state index contributed by atoms with van der Waals surface area (Å²) in [4.78, 5) is 32.0. The van der Waals surface area contributed by atoms with Gasteiger partial charge in [-0.15, -0.1) is 13.2 Å². The molecule has 38 heavy (non-hydrogen) atoms. The Balaban J connectivity index is 1.44. The second kappa shape index (κ2) is 8.67. The Morgan fingerprint density at radius 3 is 2.63 bits per heavy atom. The van der Waals surface area contributed by atoms with Gasteiger partial charge in [-0.1, -0.05) is 25.5 Å². The van der Waals surface area contributed by atoms with E-state index in [2.05, 4.69) is 31.9 Å². The van der Waals surface area contributed by atoms with E-state index in [1.165, 1.54) is 24.3 Å². The van der Waals surface area contributed by atoms with Gasteiger partial charge < -0.3 is 20.2 Å². The van der Waals surface area contributed by atoms with Crippen LogP contribution in [0, 0.1) is 5.92 Å². The summed E-state index contributed by atoms with van der Waals surface area (Å²) < 4.78 is 43.9. The molecular weight excluding hydrogens is 499 g/mol. The molecule has 0 saturated heterocycles. The number of rotatable bonds is 7. The number of alkyl halides is 3. The molecule has 4 heterocycles. The van der Waals surface area contributed by atoms with Gasteiger partial charge in [0.05, 0.1) is 11.3 Å². The van der Waals surface area contributed by atoms with E-state index in [1.807, 2.05) is 10.6 Å². The first kappa shape index (κ1) is 24.1. The molecule has 1 fully saturated rings. The quantitative estimate of drug-likeness (QED) is 0.362. The van der Waals surface area contributed by atoms with E-state index >= 15 is 0 Å². The molecule has 196 valence electrons. The van der Waals surface area contributed by atoms with Crippen molar-refractivity contribution in [2.24, 2.45) is 5.92 Å². The van der Waals surface area contributed by atoms with Gasteiger partial charge in [-0.2, -0.15) is 0 Å². The van der Waals surface area contributed by atoms with Crippen LogP contribution in [0.1, 0.15) is 49.4 Å². The lowest BCUT2D eigenvalue weighted by molar-refractivity contribution is -0.274. The van der Waals surface area contributed by atoms with Crippen LogP contribution in [0.5, 0.6) is 5.75 Å². The zero-order valence-corrected chi connectivity index (χ0v) is 20.4. The minimum Gasteiger partial charge on any atom is -0.406 e. The Morgan fingerprint density at radius 1 is 1.18 bits per heavy atom. The number of benzene rings is 1. The Kier molecular flexibility index (Phi) is 5.51. The van der Waals surface area contributed by atoms with Crippen LogP contribution in [0.25, 0.3) is 17.2 Å². The van der Waals surface area contributed by atoms with Crippen molar-refractivity contribution in [3.05, 3.63) is 59.7 Å². The SMILES string of the molecule is CCCCc1nc(-c2nc(N)c3c(n2)NC(=O)C3(c2ccc(OC(F)(F)F)cc2)C2CC2)cn2ccnc12. The molecule has 12 heteroatoms. The van der Waals surface area contributed by atoms with Gasteiger partial charge in [-0.3, -0.25) is 4.79 Å². The van der Waals surface area contributed by atoms with E-state index in [0.29, 0.717) is 16.8 Å². The number of aryl methyl sites for hydroxylation is 1. The minimum atomic E-state index is -4.81. The number of halogens is 3. The van der Waals surface area contributed by atoms with Crippen LogP contribution in [0.3, 0.4) is 0 Å². The normalized spacial score (nSPS) is 19.0. The molecule has 2 aliphatic rings. The van der Waals surface area contributed by atoms with E-state index < -0.39 is 11.8 Å². The molecule has 1 aliphatic carbocycles. The lowest BCUT2D eigenvalue weighted by atomic mass is 9.71. The van der Waals surface area contributed by atoms with Gasteiger partial charge in [0.15, 0.2) is 11.5 Å². The van der Waals surface area contributed by atoms with Gasteiger partial charge in [-0.25, -0.2) is 19.9 Å². The lowest BCUT2D eigenvalue weighted by Gasteiger charge is -2.28. The number of imidazole rings is 1. The maximum Gasteiger partial charge on any atom is 0.573 e. The summed E-state index contributed by atoms with van der Waals surface area (Å²) in [7, 11) is 0. The van der Waals surface area contributed by atoms with E-state index in [0.717, 1.165) is 43.4 Å². The third-order valence-electron chi connectivity index (χ3n) is 7.09. The second-order valence-electron chi connectivity index (χ2n) is 9.60. The first-order chi connectivity index (χ1) is 18.2. The summed E-state index contributed by atoms with van der Waals surface area (Å²) >= 11 is 0. The number of carbonyl (C=O) groups excluding carboxylic acids is 1. The van der Waals surface area contributed by atoms with Crippen LogP contribution >= 0.6 is 0 Å². The van der Waals surface area contributed by atoms with Crippen molar-refractivity contribution in [2.75, 3.05) is 11.1 Å². The molecule has 3 aromatic heterocycles. The van der Waals surface area contributed by atoms with Crippen LogP contribution in [-0.2, 0) is 16.6 Å².